The van der Waals surface area contributed by atoms with Crippen molar-refractivity contribution in [3.8, 4) is 0 Å². The van der Waals surface area contributed by atoms with E-state index in [1.165, 1.54) is 41.5 Å². The lowest BCUT2D eigenvalue weighted by molar-refractivity contribution is 0.572. The maximum atomic E-state index is 4.20. The van der Waals surface area contributed by atoms with Crippen molar-refractivity contribution in [2.45, 2.75) is 52.6 Å². The number of pyridine rings is 1. The molecule has 0 fully saturated rings. The largest absolute Gasteiger partial charge is 0.306 e. The number of unbranched alkanes of at least 4 members (excludes halogenated alkanes) is 1. The molecule has 0 aliphatic heterocycles. The molecule has 0 bridgehead atoms. The Labute approximate surface area is 128 Å². The summed E-state index contributed by atoms with van der Waals surface area (Å²) < 4.78 is 0. The molecule has 2 nitrogen and oxygen atoms in total. The van der Waals surface area contributed by atoms with Crippen LogP contribution in [0.2, 0.25) is 0 Å². The minimum atomic E-state index is 0.352. The monoisotopic (exact) mass is 282 g/mol. The summed E-state index contributed by atoms with van der Waals surface area (Å²) in [5, 5.41) is 3.58. The third-order valence-electron chi connectivity index (χ3n) is 4.04. The Morgan fingerprint density at radius 1 is 1.14 bits per heavy atom. The van der Waals surface area contributed by atoms with E-state index >= 15 is 0 Å². The zero-order valence-corrected chi connectivity index (χ0v) is 13.4. The van der Waals surface area contributed by atoms with E-state index in [1.807, 2.05) is 12.4 Å². The van der Waals surface area contributed by atoms with Gasteiger partial charge in [-0.3, -0.25) is 4.98 Å². The molecule has 0 saturated carbocycles. The average molecular weight is 282 g/mol. The summed E-state index contributed by atoms with van der Waals surface area (Å²) in [6, 6.07) is 11.4. The number of aromatic nitrogens is 1. The Bertz CT molecular complexity index is 546. The van der Waals surface area contributed by atoms with E-state index in [4.69, 9.17) is 0 Å². The number of nitrogens with zero attached hydrogens (tertiary/aromatic N) is 1. The van der Waals surface area contributed by atoms with E-state index < -0.39 is 0 Å². The first-order valence-electron chi connectivity index (χ1n) is 7.92. The molecule has 1 aromatic heterocycles. The number of benzene rings is 1. The molecule has 0 amide bonds. The zero-order valence-electron chi connectivity index (χ0n) is 13.4. The first kappa shape index (κ1) is 15.7. The van der Waals surface area contributed by atoms with Crippen LogP contribution in [0.5, 0.6) is 0 Å². The molecule has 2 rings (SSSR count). The van der Waals surface area contributed by atoms with Crippen molar-refractivity contribution in [3.05, 3.63) is 65.0 Å². The SMILES string of the molecule is CCCCc1ccc(C(C)NCc2cnccc2C)cc1. The van der Waals surface area contributed by atoms with Crippen LogP contribution in [0.4, 0.5) is 0 Å². The van der Waals surface area contributed by atoms with Crippen LogP contribution < -0.4 is 5.32 Å². The fourth-order valence-electron chi connectivity index (χ4n) is 2.42. The summed E-state index contributed by atoms with van der Waals surface area (Å²) in [5.41, 5.74) is 5.34. The first-order valence-corrected chi connectivity index (χ1v) is 7.92. The van der Waals surface area contributed by atoms with Crippen molar-refractivity contribution in [2.24, 2.45) is 0 Å². The Morgan fingerprint density at radius 2 is 1.90 bits per heavy atom. The summed E-state index contributed by atoms with van der Waals surface area (Å²) in [6.45, 7) is 7.44. The van der Waals surface area contributed by atoms with E-state index in [0.29, 0.717) is 6.04 Å². The number of rotatable bonds is 7. The van der Waals surface area contributed by atoms with Gasteiger partial charge in [-0.25, -0.2) is 0 Å². The van der Waals surface area contributed by atoms with Gasteiger partial charge in [-0.1, -0.05) is 37.6 Å². The molecule has 0 saturated heterocycles. The fraction of sp³-hybridized carbons (Fsp3) is 0.421. The van der Waals surface area contributed by atoms with Gasteiger partial charge >= 0.3 is 0 Å². The Morgan fingerprint density at radius 3 is 2.57 bits per heavy atom. The molecular formula is C19H26N2. The van der Waals surface area contributed by atoms with Gasteiger partial charge in [0.2, 0.25) is 0 Å². The molecule has 112 valence electrons. The first-order chi connectivity index (χ1) is 10.2. The van der Waals surface area contributed by atoms with Gasteiger partial charge in [-0.15, -0.1) is 0 Å². The highest BCUT2D eigenvalue weighted by Gasteiger charge is 2.06. The van der Waals surface area contributed by atoms with E-state index in [2.05, 4.69) is 61.4 Å². The second kappa shape index (κ2) is 7.94. The van der Waals surface area contributed by atoms with Crippen LogP contribution in [0.3, 0.4) is 0 Å². The Balaban J connectivity index is 1.91. The Kier molecular flexibility index (Phi) is 5.94. The molecule has 1 unspecified atom stereocenters. The molecular weight excluding hydrogens is 256 g/mol. The van der Waals surface area contributed by atoms with E-state index in [1.54, 1.807) is 0 Å². The highest BCUT2D eigenvalue weighted by atomic mass is 14.9. The predicted molar refractivity (Wildman–Crippen MR) is 89.3 cm³/mol. The van der Waals surface area contributed by atoms with Crippen LogP contribution in [0.1, 0.15) is 55.0 Å². The van der Waals surface area contributed by atoms with Crippen LogP contribution in [0, 0.1) is 6.92 Å². The predicted octanol–water partition coefficient (Wildman–Crippen LogP) is 4.58. The standard InChI is InChI=1S/C19H26N2/c1-4-5-6-17-7-9-18(10-8-17)16(3)21-14-19-13-20-12-11-15(19)2/h7-13,16,21H,4-6,14H2,1-3H3. The van der Waals surface area contributed by atoms with Crippen LogP contribution in [-0.2, 0) is 13.0 Å². The lowest BCUT2D eigenvalue weighted by Crippen LogP contribution is -2.18. The highest BCUT2D eigenvalue weighted by Crippen LogP contribution is 2.16. The molecule has 2 heteroatoms. The van der Waals surface area contributed by atoms with Crippen LogP contribution in [-0.4, -0.2) is 4.98 Å². The Hall–Kier alpha value is -1.67. The molecule has 21 heavy (non-hydrogen) atoms. The molecule has 0 radical (unpaired) electrons. The van der Waals surface area contributed by atoms with Gasteiger partial charge < -0.3 is 5.32 Å². The van der Waals surface area contributed by atoms with Gasteiger partial charge in [0, 0.05) is 25.0 Å². The zero-order chi connectivity index (χ0) is 15.1. The van der Waals surface area contributed by atoms with Crippen LogP contribution >= 0.6 is 0 Å². The second-order valence-electron chi connectivity index (χ2n) is 5.75. The summed E-state index contributed by atoms with van der Waals surface area (Å²) in [5.74, 6) is 0. The number of hydrogen-bond donors (Lipinski definition) is 1. The van der Waals surface area contributed by atoms with Gasteiger partial charge in [-0.05, 0) is 55.0 Å². The van der Waals surface area contributed by atoms with E-state index in [0.717, 1.165) is 6.54 Å². The molecule has 0 aliphatic carbocycles. The topological polar surface area (TPSA) is 24.9 Å². The minimum absolute atomic E-state index is 0.352. The molecule has 0 spiro atoms. The van der Waals surface area contributed by atoms with Crippen LogP contribution in [0.15, 0.2) is 42.7 Å². The normalized spacial score (nSPS) is 12.3. The third kappa shape index (κ3) is 4.68. The van der Waals surface area contributed by atoms with Gasteiger partial charge in [0.1, 0.15) is 0 Å². The van der Waals surface area contributed by atoms with Crippen molar-refractivity contribution in [3.63, 3.8) is 0 Å². The second-order valence-corrected chi connectivity index (χ2v) is 5.75. The van der Waals surface area contributed by atoms with Crippen molar-refractivity contribution >= 4 is 0 Å². The van der Waals surface area contributed by atoms with Gasteiger partial charge in [-0.2, -0.15) is 0 Å². The molecule has 1 aromatic carbocycles. The maximum absolute atomic E-state index is 4.20. The van der Waals surface area contributed by atoms with Gasteiger partial charge in [0.15, 0.2) is 0 Å². The summed E-state index contributed by atoms with van der Waals surface area (Å²) in [6.07, 6.45) is 7.51. The van der Waals surface area contributed by atoms with Gasteiger partial charge in [0.25, 0.3) is 0 Å². The molecule has 2 aromatic rings. The molecule has 1 N–H and O–H groups in total. The number of hydrogen-bond acceptors (Lipinski definition) is 2. The van der Waals surface area contributed by atoms with E-state index in [9.17, 15) is 0 Å². The lowest BCUT2D eigenvalue weighted by Gasteiger charge is -2.15. The maximum Gasteiger partial charge on any atom is 0.0315 e. The van der Waals surface area contributed by atoms with Crippen molar-refractivity contribution in [1.82, 2.24) is 10.3 Å². The van der Waals surface area contributed by atoms with E-state index in [-0.39, 0.29) is 0 Å². The quantitative estimate of drug-likeness (QED) is 0.804. The van der Waals surface area contributed by atoms with Gasteiger partial charge in [0.05, 0.1) is 0 Å². The summed E-state index contributed by atoms with van der Waals surface area (Å²) in [4.78, 5) is 4.20. The van der Waals surface area contributed by atoms with Crippen molar-refractivity contribution < 1.29 is 0 Å². The summed E-state index contributed by atoms with van der Waals surface area (Å²) in [7, 11) is 0. The highest BCUT2D eigenvalue weighted by molar-refractivity contribution is 5.26. The number of nitrogens with one attached hydrogen (secondary N) is 1. The summed E-state index contributed by atoms with van der Waals surface area (Å²) >= 11 is 0. The van der Waals surface area contributed by atoms with Crippen LogP contribution in [0.25, 0.3) is 0 Å². The third-order valence-corrected chi connectivity index (χ3v) is 4.04. The molecule has 1 heterocycles. The molecule has 0 aliphatic rings. The minimum Gasteiger partial charge on any atom is -0.306 e. The number of aryl methyl sites for hydroxylation is 2. The molecule has 1 atom stereocenters. The fourth-order valence-corrected chi connectivity index (χ4v) is 2.42. The van der Waals surface area contributed by atoms with Crippen molar-refractivity contribution in [1.29, 1.82) is 0 Å². The lowest BCUT2D eigenvalue weighted by atomic mass is 10.0. The van der Waals surface area contributed by atoms with Crippen molar-refractivity contribution in [2.75, 3.05) is 0 Å². The smallest absolute Gasteiger partial charge is 0.0315 e. The average Bonchev–Trinajstić information content (AvgIpc) is 2.52.